The van der Waals surface area contributed by atoms with E-state index in [1.165, 1.54) is 5.56 Å². The molecule has 1 unspecified atom stereocenters. The summed E-state index contributed by atoms with van der Waals surface area (Å²) in [7, 11) is 0. The molecule has 1 aromatic carbocycles. The molecule has 1 heterocycles. The average molecular weight is 242 g/mol. The third-order valence-electron chi connectivity index (χ3n) is 2.93. The molecule has 3 heteroatoms. The summed E-state index contributed by atoms with van der Waals surface area (Å²) in [6.45, 7) is 2.03. The Morgan fingerprint density at radius 2 is 2.00 bits per heavy atom. The number of aromatic nitrogens is 1. The minimum atomic E-state index is -0.0411. The van der Waals surface area contributed by atoms with Gasteiger partial charge in [0.1, 0.15) is 5.69 Å². The molecule has 2 rings (SSSR count). The number of nitrogens with one attached hydrogen (secondary N) is 2. The van der Waals surface area contributed by atoms with Gasteiger partial charge in [0.05, 0.1) is 0 Å². The summed E-state index contributed by atoms with van der Waals surface area (Å²) in [5, 5.41) is 2.98. The van der Waals surface area contributed by atoms with Crippen LogP contribution >= 0.6 is 0 Å². The number of carbonyl (C=O) groups excluding carboxylic acids is 1. The van der Waals surface area contributed by atoms with Gasteiger partial charge in [0.25, 0.3) is 5.91 Å². The molecule has 0 aliphatic carbocycles. The summed E-state index contributed by atoms with van der Waals surface area (Å²) in [6.07, 6.45) is 3.67. The highest BCUT2D eigenvalue weighted by Gasteiger charge is 2.09. The smallest absolute Gasteiger partial charge is 0.267 e. The standard InChI is InChI=1S/C15H18N2O/c1-12(9-10-13-6-3-2-4-7-13)17-15(18)14-8-5-11-16-14/h2-8,11-12,16H,9-10H2,1H3,(H,17,18). The van der Waals surface area contributed by atoms with Gasteiger partial charge in [-0.2, -0.15) is 0 Å². The average Bonchev–Trinajstić information content (AvgIpc) is 2.91. The van der Waals surface area contributed by atoms with Crippen LogP contribution in [0.2, 0.25) is 0 Å². The fraction of sp³-hybridized carbons (Fsp3) is 0.267. The monoisotopic (exact) mass is 242 g/mol. The van der Waals surface area contributed by atoms with Crippen LogP contribution in [0.25, 0.3) is 0 Å². The molecule has 1 amide bonds. The van der Waals surface area contributed by atoms with Crippen molar-refractivity contribution in [2.75, 3.05) is 0 Å². The first-order valence-electron chi connectivity index (χ1n) is 6.24. The largest absolute Gasteiger partial charge is 0.357 e. The van der Waals surface area contributed by atoms with Crippen LogP contribution in [0.1, 0.15) is 29.4 Å². The van der Waals surface area contributed by atoms with E-state index < -0.39 is 0 Å². The summed E-state index contributed by atoms with van der Waals surface area (Å²) in [4.78, 5) is 14.7. The van der Waals surface area contributed by atoms with E-state index in [0.717, 1.165) is 12.8 Å². The first-order chi connectivity index (χ1) is 8.75. The Hall–Kier alpha value is -2.03. The molecule has 18 heavy (non-hydrogen) atoms. The maximum absolute atomic E-state index is 11.8. The van der Waals surface area contributed by atoms with E-state index in [1.54, 1.807) is 12.3 Å². The van der Waals surface area contributed by atoms with Crippen molar-refractivity contribution < 1.29 is 4.79 Å². The van der Waals surface area contributed by atoms with Crippen molar-refractivity contribution in [3.05, 3.63) is 59.9 Å². The summed E-state index contributed by atoms with van der Waals surface area (Å²) >= 11 is 0. The number of benzene rings is 1. The number of H-pyrrole nitrogens is 1. The molecule has 0 fully saturated rings. The molecule has 0 saturated heterocycles. The van der Waals surface area contributed by atoms with Gasteiger partial charge >= 0.3 is 0 Å². The van der Waals surface area contributed by atoms with Crippen LogP contribution in [0, 0.1) is 0 Å². The van der Waals surface area contributed by atoms with Crippen molar-refractivity contribution >= 4 is 5.91 Å². The maximum Gasteiger partial charge on any atom is 0.267 e. The lowest BCUT2D eigenvalue weighted by Gasteiger charge is -2.13. The second-order valence-corrected chi connectivity index (χ2v) is 4.48. The first-order valence-corrected chi connectivity index (χ1v) is 6.24. The summed E-state index contributed by atoms with van der Waals surface area (Å²) in [6, 6.07) is 14.1. The molecule has 0 aliphatic heterocycles. The third-order valence-corrected chi connectivity index (χ3v) is 2.93. The highest BCUT2D eigenvalue weighted by Crippen LogP contribution is 2.05. The molecule has 2 aromatic rings. The molecule has 0 bridgehead atoms. The highest BCUT2D eigenvalue weighted by atomic mass is 16.1. The van der Waals surface area contributed by atoms with Crippen molar-refractivity contribution in [1.82, 2.24) is 10.3 Å². The van der Waals surface area contributed by atoms with Crippen molar-refractivity contribution in [2.45, 2.75) is 25.8 Å². The Morgan fingerprint density at radius 1 is 1.22 bits per heavy atom. The van der Waals surface area contributed by atoms with Gasteiger partial charge in [-0.3, -0.25) is 4.79 Å². The maximum atomic E-state index is 11.8. The second-order valence-electron chi connectivity index (χ2n) is 4.48. The lowest BCUT2D eigenvalue weighted by atomic mass is 10.1. The molecular weight excluding hydrogens is 224 g/mol. The summed E-state index contributed by atoms with van der Waals surface area (Å²) in [5.41, 5.74) is 1.92. The highest BCUT2D eigenvalue weighted by molar-refractivity contribution is 5.92. The van der Waals surface area contributed by atoms with Gasteiger partial charge in [-0.15, -0.1) is 0 Å². The lowest BCUT2D eigenvalue weighted by Crippen LogP contribution is -2.33. The molecule has 0 spiro atoms. The molecule has 0 radical (unpaired) electrons. The van der Waals surface area contributed by atoms with E-state index in [-0.39, 0.29) is 11.9 Å². The predicted octanol–water partition coefficient (Wildman–Crippen LogP) is 2.77. The second kappa shape index (κ2) is 6.05. The third kappa shape index (κ3) is 3.48. The van der Waals surface area contributed by atoms with Crippen LogP contribution in [-0.2, 0) is 6.42 Å². The predicted molar refractivity (Wildman–Crippen MR) is 72.5 cm³/mol. The van der Waals surface area contributed by atoms with E-state index >= 15 is 0 Å². The minimum Gasteiger partial charge on any atom is -0.357 e. The van der Waals surface area contributed by atoms with Gasteiger partial charge in [0.2, 0.25) is 0 Å². The zero-order chi connectivity index (χ0) is 12.8. The lowest BCUT2D eigenvalue weighted by molar-refractivity contribution is 0.0934. The molecule has 3 nitrogen and oxygen atoms in total. The summed E-state index contributed by atoms with van der Waals surface area (Å²) < 4.78 is 0. The number of amides is 1. The number of rotatable bonds is 5. The zero-order valence-electron chi connectivity index (χ0n) is 10.5. The Morgan fingerprint density at radius 3 is 2.67 bits per heavy atom. The van der Waals surface area contributed by atoms with E-state index in [4.69, 9.17) is 0 Å². The Kier molecular flexibility index (Phi) is 4.18. The van der Waals surface area contributed by atoms with E-state index in [2.05, 4.69) is 22.4 Å². The normalized spacial score (nSPS) is 12.1. The van der Waals surface area contributed by atoms with Gasteiger partial charge in [-0.1, -0.05) is 30.3 Å². The van der Waals surface area contributed by atoms with Gasteiger partial charge < -0.3 is 10.3 Å². The van der Waals surface area contributed by atoms with Gasteiger partial charge in [-0.05, 0) is 37.5 Å². The van der Waals surface area contributed by atoms with Crippen LogP contribution in [0.4, 0.5) is 0 Å². The number of carbonyl (C=O) groups is 1. The zero-order valence-corrected chi connectivity index (χ0v) is 10.5. The minimum absolute atomic E-state index is 0.0411. The van der Waals surface area contributed by atoms with Gasteiger partial charge in [0, 0.05) is 12.2 Å². The Bertz CT molecular complexity index is 476. The van der Waals surface area contributed by atoms with Crippen molar-refractivity contribution in [2.24, 2.45) is 0 Å². The van der Waals surface area contributed by atoms with E-state index in [0.29, 0.717) is 5.69 Å². The number of hydrogen-bond acceptors (Lipinski definition) is 1. The fourth-order valence-electron chi connectivity index (χ4n) is 1.87. The summed E-state index contributed by atoms with van der Waals surface area (Å²) in [5.74, 6) is -0.0411. The first kappa shape index (κ1) is 12.4. The Labute approximate surface area is 107 Å². The molecular formula is C15H18N2O. The quantitative estimate of drug-likeness (QED) is 0.832. The van der Waals surface area contributed by atoms with Crippen molar-refractivity contribution in [1.29, 1.82) is 0 Å². The number of aromatic amines is 1. The molecule has 2 N–H and O–H groups in total. The fourth-order valence-corrected chi connectivity index (χ4v) is 1.87. The molecule has 0 aliphatic rings. The molecule has 94 valence electrons. The Balaban J connectivity index is 1.79. The van der Waals surface area contributed by atoms with Crippen LogP contribution in [0.3, 0.4) is 0 Å². The molecule has 0 saturated carbocycles. The van der Waals surface area contributed by atoms with Crippen LogP contribution < -0.4 is 5.32 Å². The van der Waals surface area contributed by atoms with Crippen LogP contribution in [0.5, 0.6) is 0 Å². The van der Waals surface area contributed by atoms with Crippen molar-refractivity contribution in [3.63, 3.8) is 0 Å². The number of hydrogen-bond donors (Lipinski definition) is 2. The topological polar surface area (TPSA) is 44.9 Å². The molecule has 1 aromatic heterocycles. The van der Waals surface area contributed by atoms with Gasteiger partial charge in [-0.25, -0.2) is 0 Å². The van der Waals surface area contributed by atoms with Crippen LogP contribution in [-0.4, -0.2) is 16.9 Å². The molecule has 1 atom stereocenters. The van der Waals surface area contributed by atoms with Crippen molar-refractivity contribution in [3.8, 4) is 0 Å². The number of aryl methyl sites for hydroxylation is 1. The van der Waals surface area contributed by atoms with Crippen LogP contribution in [0.15, 0.2) is 48.7 Å². The van der Waals surface area contributed by atoms with E-state index in [1.807, 2.05) is 31.2 Å². The van der Waals surface area contributed by atoms with E-state index in [9.17, 15) is 4.79 Å². The SMILES string of the molecule is CC(CCc1ccccc1)NC(=O)c1ccc[nH]1. The van der Waals surface area contributed by atoms with Gasteiger partial charge in [0.15, 0.2) is 0 Å².